The zero-order chi connectivity index (χ0) is 14.7. The van der Waals surface area contributed by atoms with Gasteiger partial charge in [0.15, 0.2) is 0 Å². The lowest BCUT2D eigenvalue weighted by molar-refractivity contribution is -0.368. The first-order valence-electron chi connectivity index (χ1n) is 7.05. The lowest BCUT2D eigenvalue weighted by Gasteiger charge is -2.18. The van der Waals surface area contributed by atoms with Crippen LogP contribution in [0.3, 0.4) is 0 Å². The van der Waals surface area contributed by atoms with Crippen molar-refractivity contribution >= 4 is 23.3 Å². The van der Waals surface area contributed by atoms with Gasteiger partial charge in [-0.3, -0.25) is 9.59 Å². The Bertz CT molecular complexity index is 278. The van der Waals surface area contributed by atoms with Gasteiger partial charge in [-0.25, -0.2) is 0 Å². The molecule has 0 heterocycles. The minimum absolute atomic E-state index is 0. The molecule has 2 atom stereocenters. The van der Waals surface area contributed by atoms with Crippen molar-refractivity contribution < 1.29 is 27.7 Å². The number of carbonyl (C=O) groups is 2. The molecule has 0 amide bonds. The molecule has 0 aliphatic carbocycles. The third-order valence-electron chi connectivity index (χ3n) is 3.42. The Morgan fingerprint density at radius 3 is 2.35 bits per heavy atom. The van der Waals surface area contributed by atoms with Crippen molar-refractivity contribution in [3.8, 4) is 0 Å². The first-order valence-corrected chi connectivity index (χ1v) is 8.44. The van der Waals surface area contributed by atoms with Crippen molar-refractivity contribution in [3.63, 3.8) is 0 Å². The second-order valence-corrected chi connectivity index (χ2v) is 5.94. The molecule has 0 spiro atoms. The molecule has 0 aromatic heterocycles. The number of rotatable bonds is 12. The quantitative estimate of drug-likeness (QED) is 0.404. The molecule has 0 rings (SSSR count). The maximum Gasteiger partial charge on any atom is 0.150 e. The number of hydrogen-bond acceptors (Lipinski definition) is 4. The van der Waals surface area contributed by atoms with Gasteiger partial charge in [-0.15, -0.1) is 0 Å². The molecule has 0 radical (unpaired) electrons. The van der Waals surface area contributed by atoms with Crippen molar-refractivity contribution in [2.75, 3.05) is 25.6 Å². The van der Waals surface area contributed by atoms with Gasteiger partial charge in [-0.2, -0.15) is 11.8 Å². The number of unbranched alkanes of at least 4 members (excludes halogenated alkanes) is 1. The molecule has 120 valence electrons. The summed E-state index contributed by atoms with van der Waals surface area (Å²) in [6.45, 7) is 2.50. The Morgan fingerprint density at radius 1 is 1.25 bits per heavy atom. The first-order chi connectivity index (χ1) is 9.06. The summed E-state index contributed by atoms with van der Waals surface area (Å²) in [6.07, 6.45) is 6.11. The molecule has 0 aromatic carbocycles. The predicted molar refractivity (Wildman–Crippen MR) is 81.2 cm³/mol. The fraction of sp³-hybridized carbons (Fsp3) is 0.857. The van der Waals surface area contributed by atoms with E-state index in [1.165, 1.54) is 0 Å². The lowest BCUT2D eigenvalue weighted by Crippen LogP contribution is -3.00. The van der Waals surface area contributed by atoms with Crippen LogP contribution in [0.2, 0.25) is 0 Å². The molecule has 0 aliphatic heterocycles. The fourth-order valence-electron chi connectivity index (χ4n) is 2.09. The van der Waals surface area contributed by atoms with Crippen LogP contribution in [0.25, 0.3) is 0 Å². The second-order valence-electron chi connectivity index (χ2n) is 4.95. The number of Topliss-reactive ketones (excluding diaryl/α,β-unsaturated/α-hetero) is 2. The van der Waals surface area contributed by atoms with Crippen molar-refractivity contribution in [3.05, 3.63) is 0 Å². The van der Waals surface area contributed by atoms with Gasteiger partial charge < -0.3 is 23.5 Å². The van der Waals surface area contributed by atoms with Gasteiger partial charge >= 0.3 is 0 Å². The number of halogens is 1. The van der Waals surface area contributed by atoms with Gasteiger partial charge in [-0.1, -0.05) is 0 Å². The van der Waals surface area contributed by atoms with Crippen LogP contribution in [0.5, 0.6) is 0 Å². The molecule has 20 heavy (non-hydrogen) atoms. The Morgan fingerprint density at radius 2 is 1.90 bits per heavy atom. The Hall–Kier alpha value is -0.100. The summed E-state index contributed by atoms with van der Waals surface area (Å²) in [6, 6.07) is -0.109. The molecule has 0 fully saturated rings. The van der Waals surface area contributed by atoms with Crippen LogP contribution in [0.15, 0.2) is 0 Å². The van der Waals surface area contributed by atoms with Gasteiger partial charge in [0.05, 0.1) is 12.6 Å². The summed E-state index contributed by atoms with van der Waals surface area (Å²) >= 11 is 1.72. The highest BCUT2D eigenvalue weighted by Crippen LogP contribution is 2.16. The van der Waals surface area contributed by atoms with Crippen LogP contribution in [0.1, 0.15) is 39.0 Å². The summed E-state index contributed by atoms with van der Waals surface area (Å²) in [5, 5.41) is 3.07. The van der Waals surface area contributed by atoms with Crippen LogP contribution in [0.4, 0.5) is 0 Å². The largest absolute Gasteiger partial charge is 1.00 e. The highest BCUT2D eigenvalue weighted by atomic mass is 35.5. The molecule has 0 aliphatic rings. The van der Waals surface area contributed by atoms with Crippen LogP contribution in [-0.4, -0.2) is 43.2 Å². The molecule has 0 aromatic rings. The van der Waals surface area contributed by atoms with E-state index < -0.39 is 0 Å². The maximum absolute atomic E-state index is 12.2. The zero-order valence-electron chi connectivity index (χ0n) is 12.9. The number of nitrogens with one attached hydrogen (secondary N) is 1. The van der Waals surface area contributed by atoms with Crippen LogP contribution >= 0.6 is 11.8 Å². The number of quaternary nitrogens is 1. The van der Waals surface area contributed by atoms with E-state index in [1.807, 2.05) is 13.3 Å². The topological polar surface area (TPSA) is 73.8 Å². The molecule has 4 nitrogen and oxygen atoms in total. The van der Waals surface area contributed by atoms with Crippen LogP contribution in [-0.2, 0) is 9.59 Å². The Labute approximate surface area is 133 Å². The van der Waals surface area contributed by atoms with Crippen molar-refractivity contribution in [1.82, 2.24) is 5.32 Å². The lowest BCUT2D eigenvalue weighted by atomic mass is 9.91. The van der Waals surface area contributed by atoms with E-state index in [0.717, 1.165) is 38.0 Å². The van der Waals surface area contributed by atoms with Crippen molar-refractivity contribution in [1.29, 1.82) is 0 Å². The van der Waals surface area contributed by atoms with Crippen molar-refractivity contribution in [2.24, 2.45) is 5.92 Å². The summed E-state index contributed by atoms with van der Waals surface area (Å²) in [5.74, 6) is 1.13. The van der Waals surface area contributed by atoms with Gasteiger partial charge in [0.2, 0.25) is 0 Å². The molecular weight excluding hydrogens is 296 g/mol. The highest BCUT2D eigenvalue weighted by molar-refractivity contribution is 7.98. The summed E-state index contributed by atoms with van der Waals surface area (Å²) < 4.78 is 0. The number of hydrogen-bond donors (Lipinski definition) is 2. The smallest absolute Gasteiger partial charge is 0.150 e. The molecule has 0 saturated carbocycles. The maximum atomic E-state index is 12.2. The van der Waals surface area contributed by atoms with E-state index in [9.17, 15) is 9.59 Å². The predicted octanol–water partition coefficient (Wildman–Crippen LogP) is -2.09. The standard InChI is InChI=1S/C14H28N2O2S.ClH/c1-11(17)12(7-9-19-3)10-14(18)13(16-2)6-4-5-8-15;/h12-13,16H,4-10,15H2,1-3H3;1H/t12-,13+;/m1./s1. The van der Waals surface area contributed by atoms with E-state index >= 15 is 0 Å². The van der Waals surface area contributed by atoms with Crippen molar-refractivity contribution in [2.45, 2.75) is 45.1 Å². The molecule has 4 N–H and O–H groups in total. The van der Waals surface area contributed by atoms with Gasteiger partial charge in [0.25, 0.3) is 0 Å². The number of likely N-dealkylation sites (N-methyl/N-ethyl adjacent to an activating group) is 1. The molecule has 0 saturated heterocycles. The Balaban J connectivity index is 0. The van der Waals surface area contributed by atoms with E-state index in [0.29, 0.717) is 6.42 Å². The Kier molecular flexibility index (Phi) is 15.4. The number of thioether (sulfide) groups is 1. The number of ketones is 2. The zero-order valence-corrected chi connectivity index (χ0v) is 14.5. The van der Waals surface area contributed by atoms with Gasteiger partial charge in [0, 0.05) is 12.3 Å². The summed E-state index contributed by atoms with van der Waals surface area (Å²) in [4.78, 5) is 23.8. The van der Waals surface area contributed by atoms with E-state index in [1.54, 1.807) is 18.7 Å². The normalized spacial score (nSPS) is 13.4. The minimum Gasteiger partial charge on any atom is -1.00 e. The van der Waals surface area contributed by atoms with Gasteiger partial charge in [0.1, 0.15) is 11.6 Å². The molecular formula is C14H29ClN2O2S. The third-order valence-corrected chi connectivity index (χ3v) is 4.07. The SMILES string of the molecule is CN[C@@H](CCCC[NH3+])C(=O)C[C@@H](CCSC)C(C)=O.[Cl-]. The molecule has 0 bridgehead atoms. The molecule has 0 unspecified atom stereocenters. The second kappa shape index (κ2) is 13.9. The van der Waals surface area contributed by atoms with Gasteiger partial charge in [-0.05, 0) is 51.7 Å². The van der Waals surface area contributed by atoms with Crippen LogP contribution < -0.4 is 23.5 Å². The number of carbonyl (C=O) groups excluding carboxylic acids is 2. The third kappa shape index (κ3) is 9.75. The first kappa shape index (κ1) is 22.2. The van der Waals surface area contributed by atoms with Crippen LogP contribution in [0, 0.1) is 5.92 Å². The summed E-state index contributed by atoms with van der Waals surface area (Å²) in [5.41, 5.74) is 3.81. The van der Waals surface area contributed by atoms with E-state index in [-0.39, 0.29) is 35.9 Å². The molecule has 6 heteroatoms. The summed E-state index contributed by atoms with van der Waals surface area (Å²) in [7, 11) is 1.82. The highest BCUT2D eigenvalue weighted by Gasteiger charge is 2.23. The fourth-order valence-corrected chi connectivity index (χ4v) is 2.61. The monoisotopic (exact) mass is 324 g/mol. The average Bonchev–Trinajstić information content (AvgIpc) is 2.39. The van der Waals surface area contributed by atoms with E-state index in [2.05, 4.69) is 11.1 Å². The minimum atomic E-state index is -0.109. The van der Waals surface area contributed by atoms with E-state index in [4.69, 9.17) is 0 Å². The average molecular weight is 325 g/mol.